The Morgan fingerprint density at radius 1 is 1.03 bits per heavy atom. The minimum absolute atomic E-state index is 0.245. The van der Waals surface area contributed by atoms with Gasteiger partial charge in [0.15, 0.2) is 5.76 Å². The predicted octanol–water partition coefficient (Wildman–Crippen LogP) is 3.36. The minimum atomic E-state index is -3.62. The molecule has 1 saturated heterocycles. The van der Waals surface area contributed by atoms with Gasteiger partial charge >= 0.3 is 0 Å². The van der Waals surface area contributed by atoms with Crippen LogP contribution in [0.5, 0.6) is 5.75 Å². The summed E-state index contributed by atoms with van der Waals surface area (Å²) in [7, 11) is -3.62. The predicted molar refractivity (Wildman–Crippen MR) is 113 cm³/mol. The zero-order chi connectivity index (χ0) is 20.9. The van der Waals surface area contributed by atoms with Gasteiger partial charge in [-0.25, -0.2) is 8.42 Å². The molecule has 0 radical (unpaired) electrons. The molecule has 30 heavy (non-hydrogen) atoms. The monoisotopic (exact) mass is 425 g/mol. The Bertz CT molecular complexity index is 1210. The van der Waals surface area contributed by atoms with E-state index in [9.17, 15) is 8.42 Å². The highest BCUT2D eigenvalue weighted by Gasteiger charge is 2.31. The molecule has 0 N–H and O–H groups in total. The average Bonchev–Trinajstić information content (AvgIpc) is 3.25. The Morgan fingerprint density at radius 2 is 1.83 bits per heavy atom. The van der Waals surface area contributed by atoms with Crippen molar-refractivity contribution in [3.63, 3.8) is 0 Å². The maximum absolute atomic E-state index is 13.3. The first-order chi connectivity index (χ1) is 14.4. The van der Waals surface area contributed by atoms with Gasteiger partial charge in [0.1, 0.15) is 12.4 Å². The summed E-state index contributed by atoms with van der Waals surface area (Å²) in [5.41, 5.74) is 5.11. The molecule has 0 aliphatic carbocycles. The largest absolute Gasteiger partial charge is 0.488 e. The first kappa shape index (κ1) is 19.1. The number of anilines is 1. The van der Waals surface area contributed by atoms with Gasteiger partial charge < -0.3 is 14.2 Å². The molecule has 0 unspecified atom stereocenters. The number of piperazine rings is 1. The van der Waals surface area contributed by atoms with E-state index in [-0.39, 0.29) is 4.90 Å². The SMILES string of the molecule is Cc1cccc(N2CCN(S(=O)(=O)c3ccc4c(c3)-c3oncc3CO4)CC2)c1C. The number of hydrogen-bond acceptors (Lipinski definition) is 6. The molecule has 1 fully saturated rings. The number of aromatic nitrogens is 1. The summed E-state index contributed by atoms with van der Waals surface area (Å²) in [5, 5.41) is 3.81. The van der Waals surface area contributed by atoms with Crippen LogP contribution in [0.1, 0.15) is 16.7 Å². The van der Waals surface area contributed by atoms with Crippen LogP contribution in [0.2, 0.25) is 0 Å². The maximum atomic E-state index is 13.3. The smallest absolute Gasteiger partial charge is 0.243 e. The van der Waals surface area contributed by atoms with Crippen LogP contribution in [0.4, 0.5) is 5.69 Å². The molecule has 0 atom stereocenters. The Morgan fingerprint density at radius 3 is 2.63 bits per heavy atom. The van der Waals surface area contributed by atoms with Crippen molar-refractivity contribution in [3.8, 4) is 17.1 Å². The lowest BCUT2D eigenvalue weighted by atomic mass is 10.1. The van der Waals surface area contributed by atoms with Crippen LogP contribution in [0, 0.1) is 13.8 Å². The summed E-state index contributed by atoms with van der Waals surface area (Å²) in [4.78, 5) is 2.50. The van der Waals surface area contributed by atoms with Crippen molar-refractivity contribution in [2.45, 2.75) is 25.3 Å². The quantitative estimate of drug-likeness (QED) is 0.641. The van der Waals surface area contributed by atoms with Crippen LogP contribution in [0.15, 0.2) is 52.0 Å². The third-order valence-corrected chi connectivity index (χ3v) is 7.91. The number of hydrogen-bond donors (Lipinski definition) is 0. The lowest BCUT2D eigenvalue weighted by molar-refractivity contribution is 0.297. The van der Waals surface area contributed by atoms with Crippen molar-refractivity contribution in [1.82, 2.24) is 9.46 Å². The first-order valence-corrected chi connectivity index (χ1v) is 11.4. The number of nitrogens with zero attached hydrogens (tertiary/aromatic N) is 3. The molecule has 2 aliphatic rings. The third kappa shape index (κ3) is 3.07. The van der Waals surface area contributed by atoms with Crippen molar-refractivity contribution >= 4 is 15.7 Å². The summed E-state index contributed by atoms with van der Waals surface area (Å²) in [6.07, 6.45) is 1.60. The Balaban J connectivity index is 1.38. The summed E-state index contributed by atoms with van der Waals surface area (Å²) in [6, 6.07) is 11.2. The number of ether oxygens (including phenoxy) is 1. The molecule has 0 bridgehead atoms. The van der Waals surface area contributed by atoms with Crippen LogP contribution >= 0.6 is 0 Å². The molecule has 1 aromatic heterocycles. The summed E-state index contributed by atoms with van der Waals surface area (Å²) in [6.45, 7) is 6.78. The molecular weight excluding hydrogens is 402 g/mol. The number of benzene rings is 2. The average molecular weight is 426 g/mol. The highest BCUT2D eigenvalue weighted by Crippen LogP contribution is 2.39. The lowest BCUT2D eigenvalue weighted by Gasteiger charge is -2.36. The van der Waals surface area contributed by atoms with Crippen molar-refractivity contribution in [2.24, 2.45) is 0 Å². The molecule has 8 heteroatoms. The number of aryl methyl sites for hydroxylation is 1. The second-order valence-electron chi connectivity index (χ2n) is 7.74. The molecule has 156 valence electrons. The summed E-state index contributed by atoms with van der Waals surface area (Å²) >= 11 is 0. The zero-order valence-electron chi connectivity index (χ0n) is 17.0. The van der Waals surface area contributed by atoms with E-state index in [1.165, 1.54) is 16.8 Å². The normalized spacial score (nSPS) is 16.7. The van der Waals surface area contributed by atoms with E-state index >= 15 is 0 Å². The highest BCUT2D eigenvalue weighted by atomic mass is 32.2. The molecular formula is C22H23N3O4S. The molecule has 2 aliphatic heterocycles. The summed E-state index contributed by atoms with van der Waals surface area (Å²) in [5.74, 6) is 1.19. The fraction of sp³-hybridized carbons (Fsp3) is 0.318. The van der Waals surface area contributed by atoms with E-state index < -0.39 is 10.0 Å². The van der Waals surface area contributed by atoms with Crippen molar-refractivity contribution < 1.29 is 17.7 Å². The van der Waals surface area contributed by atoms with Crippen LogP contribution in [-0.2, 0) is 16.6 Å². The van der Waals surface area contributed by atoms with Gasteiger partial charge in [0.25, 0.3) is 0 Å². The Hall–Kier alpha value is -2.84. The zero-order valence-corrected chi connectivity index (χ0v) is 17.8. The third-order valence-electron chi connectivity index (χ3n) is 6.02. The van der Waals surface area contributed by atoms with Gasteiger partial charge in [-0.1, -0.05) is 17.3 Å². The molecule has 0 saturated carbocycles. The van der Waals surface area contributed by atoms with E-state index in [4.69, 9.17) is 9.26 Å². The molecule has 5 rings (SSSR count). The standard InChI is InChI=1S/C22H23N3O4S/c1-15-4-3-5-20(16(15)2)24-8-10-25(11-9-24)30(26,27)18-6-7-21-19(12-18)22-17(14-28-21)13-23-29-22/h3-7,12-13H,8-11,14H2,1-2H3. The minimum Gasteiger partial charge on any atom is -0.488 e. The second kappa shape index (κ2) is 7.14. The number of sulfonamides is 1. The van der Waals surface area contributed by atoms with Crippen LogP contribution in [0.3, 0.4) is 0 Å². The Kier molecular flexibility index (Phi) is 4.56. The number of fused-ring (bicyclic) bond motifs is 3. The summed E-state index contributed by atoms with van der Waals surface area (Å²) < 4.78 is 39.2. The molecule has 0 amide bonds. The van der Waals surface area contributed by atoms with E-state index in [2.05, 4.69) is 36.0 Å². The molecule has 2 aromatic carbocycles. The lowest BCUT2D eigenvalue weighted by Crippen LogP contribution is -2.48. The fourth-order valence-electron chi connectivity index (χ4n) is 4.11. The molecule has 3 aromatic rings. The first-order valence-electron chi connectivity index (χ1n) is 9.97. The van der Waals surface area contributed by atoms with Gasteiger partial charge in [-0.05, 0) is 49.2 Å². The van der Waals surface area contributed by atoms with E-state index in [1.807, 2.05) is 6.07 Å². The molecule has 7 nitrogen and oxygen atoms in total. The van der Waals surface area contributed by atoms with Crippen molar-refractivity contribution in [2.75, 3.05) is 31.1 Å². The molecule has 3 heterocycles. The van der Waals surface area contributed by atoms with Crippen molar-refractivity contribution in [1.29, 1.82) is 0 Å². The van der Waals surface area contributed by atoms with E-state index in [0.29, 0.717) is 49.9 Å². The van der Waals surface area contributed by atoms with Gasteiger partial charge in [-0.15, -0.1) is 0 Å². The second-order valence-corrected chi connectivity index (χ2v) is 9.67. The van der Waals surface area contributed by atoms with Gasteiger partial charge in [0, 0.05) is 31.9 Å². The van der Waals surface area contributed by atoms with Crippen molar-refractivity contribution in [3.05, 3.63) is 59.3 Å². The van der Waals surface area contributed by atoms with Gasteiger partial charge in [0.2, 0.25) is 10.0 Å². The Labute approximate surface area is 175 Å². The van der Waals surface area contributed by atoms with E-state index in [0.717, 1.165) is 5.56 Å². The fourth-order valence-corrected chi connectivity index (χ4v) is 5.56. The van der Waals surface area contributed by atoms with Crippen LogP contribution in [0.25, 0.3) is 11.3 Å². The topological polar surface area (TPSA) is 75.9 Å². The van der Waals surface area contributed by atoms with Gasteiger partial charge in [-0.3, -0.25) is 0 Å². The number of rotatable bonds is 3. The van der Waals surface area contributed by atoms with Crippen LogP contribution < -0.4 is 9.64 Å². The van der Waals surface area contributed by atoms with Gasteiger partial charge in [-0.2, -0.15) is 4.31 Å². The molecule has 0 spiro atoms. The van der Waals surface area contributed by atoms with Gasteiger partial charge in [0.05, 0.1) is 22.2 Å². The van der Waals surface area contributed by atoms with E-state index in [1.54, 1.807) is 28.7 Å². The highest BCUT2D eigenvalue weighted by molar-refractivity contribution is 7.89. The maximum Gasteiger partial charge on any atom is 0.243 e. The van der Waals surface area contributed by atoms with Crippen LogP contribution in [-0.4, -0.2) is 44.1 Å².